The summed E-state index contributed by atoms with van der Waals surface area (Å²) in [7, 11) is 1.59. The Hall–Kier alpha value is -0.650. The summed E-state index contributed by atoms with van der Waals surface area (Å²) < 4.78 is 5.86. The average Bonchev–Trinajstić information content (AvgIpc) is 2.76. The average molecular weight is 334 g/mol. The number of halogens is 2. The maximum Gasteiger partial charge on any atom is 0.216 e. The smallest absolute Gasteiger partial charge is 0.216 e. The molecular weight excluding hydrogens is 324 g/mol. The maximum atomic E-state index is 5.91. The molecular formula is C11H10BrClN2OS. The summed E-state index contributed by atoms with van der Waals surface area (Å²) in [6.45, 7) is 0. The monoisotopic (exact) mass is 332 g/mol. The van der Waals surface area contributed by atoms with Crippen LogP contribution >= 0.6 is 38.9 Å². The first kappa shape index (κ1) is 12.8. The van der Waals surface area contributed by atoms with Crippen LogP contribution in [0.15, 0.2) is 24.5 Å². The van der Waals surface area contributed by atoms with Crippen LogP contribution in [0, 0.1) is 0 Å². The molecule has 2 rings (SSSR count). The Morgan fingerprint density at radius 1 is 1.47 bits per heavy atom. The second-order valence-electron chi connectivity index (χ2n) is 3.37. The first-order chi connectivity index (χ1) is 8.19. The number of rotatable bonds is 4. The fourth-order valence-electron chi connectivity index (χ4n) is 1.38. The summed E-state index contributed by atoms with van der Waals surface area (Å²) in [6.07, 6.45) is 2.28. The Morgan fingerprint density at radius 2 is 2.29 bits per heavy atom. The normalized spacial score (nSPS) is 12.4. The summed E-state index contributed by atoms with van der Waals surface area (Å²) in [5.74, 6) is 0.582. The molecule has 3 nitrogen and oxygen atoms in total. The van der Waals surface area contributed by atoms with Gasteiger partial charge in [-0.1, -0.05) is 27.5 Å². The van der Waals surface area contributed by atoms with Crippen LogP contribution in [0.5, 0.6) is 5.88 Å². The Bertz CT molecular complexity index is 506. The maximum absolute atomic E-state index is 5.91. The van der Waals surface area contributed by atoms with E-state index >= 15 is 0 Å². The van der Waals surface area contributed by atoms with Crippen LogP contribution in [0.25, 0.3) is 0 Å². The lowest BCUT2D eigenvalue weighted by Crippen LogP contribution is -1.98. The lowest BCUT2D eigenvalue weighted by Gasteiger charge is -2.07. The zero-order chi connectivity index (χ0) is 12.3. The van der Waals surface area contributed by atoms with Crippen LogP contribution in [0.2, 0.25) is 4.34 Å². The van der Waals surface area contributed by atoms with Crippen LogP contribution in [0.3, 0.4) is 0 Å². The Kier molecular flexibility index (Phi) is 4.36. The Morgan fingerprint density at radius 3 is 2.94 bits per heavy atom. The van der Waals surface area contributed by atoms with Gasteiger partial charge in [0.05, 0.1) is 16.3 Å². The number of hydrogen-bond acceptors (Lipinski definition) is 4. The fourth-order valence-corrected chi connectivity index (χ4v) is 3.18. The van der Waals surface area contributed by atoms with Crippen molar-refractivity contribution in [3.8, 4) is 5.88 Å². The van der Waals surface area contributed by atoms with E-state index in [0.717, 1.165) is 16.5 Å². The van der Waals surface area contributed by atoms with Gasteiger partial charge < -0.3 is 4.74 Å². The molecule has 0 aliphatic rings. The molecule has 0 aromatic carbocycles. The molecule has 0 spiro atoms. The molecule has 0 N–H and O–H groups in total. The summed E-state index contributed by atoms with van der Waals surface area (Å²) in [5.41, 5.74) is 0.934. The van der Waals surface area contributed by atoms with Crippen molar-refractivity contribution in [2.45, 2.75) is 11.2 Å². The van der Waals surface area contributed by atoms with Crippen LogP contribution in [-0.4, -0.2) is 17.1 Å². The molecule has 0 amide bonds. The molecule has 0 aliphatic carbocycles. The minimum absolute atomic E-state index is 0.208. The third kappa shape index (κ3) is 3.40. The van der Waals surface area contributed by atoms with Gasteiger partial charge in [0.25, 0.3) is 0 Å². The molecule has 2 aromatic heterocycles. The molecule has 0 saturated heterocycles. The van der Waals surface area contributed by atoms with Gasteiger partial charge in [-0.3, -0.25) is 0 Å². The second-order valence-corrected chi connectivity index (χ2v) is 6.22. The lowest BCUT2D eigenvalue weighted by atomic mass is 10.2. The topological polar surface area (TPSA) is 35.0 Å². The van der Waals surface area contributed by atoms with E-state index in [-0.39, 0.29) is 4.83 Å². The molecule has 0 saturated carbocycles. The molecule has 1 atom stereocenters. The zero-order valence-electron chi connectivity index (χ0n) is 9.06. The molecule has 1 unspecified atom stereocenters. The van der Waals surface area contributed by atoms with E-state index in [1.165, 1.54) is 11.2 Å². The van der Waals surface area contributed by atoms with Crippen LogP contribution in [-0.2, 0) is 6.42 Å². The van der Waals surface area contributed by atoms with Gasteiger partial charge in [0.15, 0.2) is 0 Å². The van der Waals surface area contributed by atoms with Crippen molar-refractivity contribution in [2.75, 3.05) is 7.11 Å². The lowest BCUT2D eigenvalue weighted by molar-refractivity contribution is 0.396. The number of aromatic nitrogens is 2. The summed E-state index contributed by atoms with van der Waals surface area (Å²) in [6, 6.07) is 5.75. The predicted molar refractivity (Wildman–Crippen MR) is 73.3 cm³/mol. The molecule has 90 valence electrons. The zero-order valence-corrected chi connectivity index (χ0v) is 12.2. The van der Waals surface area contributed by atoms with Gasteiger partial charge in [-0.05, 0) is 12.1 Å². The first-order valence-corrected chi connectivity index (χ1v) is 7.04. The van der Waals surface area contributed by atoms with E-state index in [4.69, 9.17) is 16.3 Å². The van der Waals surface area contributed by atoms with E-state index in [1.54, 1.807) is 18.4 Å². The van der Waals surface area contributed by atoms with Crippen molar-refractivity contribution in [1.29, 1.82) is 0 Å². The van der Waals surface area contributed by atoms with E-state index in [2.05, 4.69) is 25.9 Å². The van der Waals surface area contributed by atoms with E-state index in [9.17, 15) is 0 Å². The highest BCUT2D eigenvalue weighted by molar-refractivity contribution is 9.09. The summed E-state index contributed by atoms with van der Waals surface area (Å²) in [4.78, 5) is 9.58. The highest BCUT2D eigenvalue weighted by atomic mass is 79.9. The minimum Gasteiger partial charge on any atom is -0.481 e. The molecule has 0 bridgehead atoms. The van der Waals surface area contributed by atoms with E-state index < -0.39 is 0 Å². The molecule has 17 heavy (non-hydrogen) atoms. The quantitative estimate of drug-likeness (QED) is 0.797. The van der Waals surface area contributed by atoms with Gasteiger partial charge in [-0.25, -0.2) is 9.97 Å². The third-order valence-corrected chi connectivity index (χ3v) is 4.66. The molecule has 0 radical (unpaired) electrons. The molecule has 2 aromatic rings. The van der Waals surface area contributed by atoms with Gasteiger partial charge in [0, 0.05) is 23.1 Å². The Labute approximate surface area is 117 Å². The van der Waals surface area contributed by atoms with Gasteiger partial charge >= 0.3 is 0 Å². The summed E-state index contributed by atoms with van der Waals surface area (Å²) >= 11 is 11.1. The number of nitrogens with zero attached hydrogens (tertiary/aromatic N) is 2. The van der Waals surface area contributed by atoms with Gasteiger partial charge in [-0.2, -0.15) is 0 Å². The van der Waals surface area contributed by atoms with Crippen LogP contribution in [0.1, 0.15) is 15.4 Å². The van der Waals surface area contributed by atoms with Crippen molar-refractivity contribution in [1.82, 2.24) is 9.97 Å². The first-order valence-electron chi connectivity index (χ1n) is 4.93. The largest absolute Gasteiger partial charge is 0.481 e. The van der Waals surface area contributed by atoms with Crippen LogP contribution < -0.4 is 4.74 Å². The molecule has 6 heteroatoms. The highest BCUT2D eigenvalue weighted by Crippen LogP contribution is 2.34. The predicted octanol–water partition coefficient (Wildman–Crippen LogP) is 3.88. The number of thiophene rings is 1. The minimum atomic E-state index is 0.208. The number of hydrogen-bond donors (Lipinski definition) is 0. The van der Waals surface area contributed by atoms with Crippen molar-refractivity contribution >= 4 is 38.9 Å². The third-order valence-electron chi connectivity index (χ3n) is 2.20. The van der Waals surface area contributed by atoms with E-state index in [1.807, 2.05) is 18.2 Å². The SMILES string of the molecule is COc1cc(CC(Br)c2ccc(Cl)s2)ncn1. The highest BCUT2D eigenvalue weighted by Gasteiger charge is 2.12. The Balaban J connectivity index is 2.09. The fraction of sp³-hybridized carbons (Fsp3) is 0.273. The molecule has 0 aliphatic heterocycles. The van der Waals surface area contributed by atoms with Crippen molar-refractivity contribution < 1.29 is 4.74 Å². The second kappa shape index (κ2) is 5.80. The standard InChI is InChI=1S/C11H10BrClN2OS/c1-16-11-5-7(14-6-15-11)4-8(12)9-2-3-10(13)17-9/h2-3,5-6,8H,4H2,1H3. The van der Waals surface area contributed by atoms with Gasteiger partial charge in [0.1, 0.15) is 6.33 Å². The number of ether oxygens (including phenoxy) is 1. The van der Waals surface area contributed by atoms with Crippen molar-refractivity contribution in [3.05, 3.63) is 39.4 Å². The van der Waals surface area contributed by atoms with Crippen molar-refractivity contribution in [2.24, 2.45) is 0 Å². The number of alkyl halides is 1. The summed E-state index contributed by atoms with van der Waals surface area (Å²) in [5, 5.41) is 0. The number of methoxy groups -OCH3 is 1. The van der Waals surface area contributed by atoms with E-state index in [0.29, 0.717) is 5.88 Å². The van der Waals surface area contributed by atoms with Gasteiger partial charge in [-0.15, -0.1) is 11.3 Å². The molecule has 0 fully saturated rings. The van der Waals surface area contributed by atoms with Gasteiger partial charge in [0.2, 0.25) is 5.88 Å². The van der Waals surface area contributed by atoms with Crippen LogP contribution in [0.4, 0.5) is 0 Å². The molecule has 2 heterocycles. The van der Waals surface area contributed by atoms with Crippen molar-refractivity contribution in [3.63, 3.8) is 0 Å².